The van der Waals surface area contributed by atoms with Crippen LogP contribution in [0.2, 0.25) is 0 Å². The first-order valence-electron chi connectivity index (χ1n) is 5.08. The lowest BCUT2D eigenvalue weighted by Crippen LogP contribution is -2.48. The van der Waals surface area contributed by atoms with Crippen LogP contribution in [0.15, 0.2) is 0 Å². The Hall–Kier alpha value is -0.160. The van der Waals surface area contributed by atoms with Crippen LogP contribution >= 0.6 is 0 Å². The quantitative estimate of drug-likeness (QED) is 0.555. The van der Waals surface area contributed by atoms with Gasteiger partial charge in [-0.05, 0) is 0 Å². The molecule has 11 heavy (non-hydrogen) atoms. The van der Waals surface area contributed by atoms with Crippen LogP contribution in [0.25, 0.3) is 0 Å². The fraction of sp³-hybridized carbons (Fsp3) is 1.00. The molecular weight excluding hydrogens is 146 g/mol. The molecule has 0 radical (unpaired) electrons. The molecule has 1 fully saturated rings. The van der Waals surface area contributed by atoms with Crippen molar-refractivity contribution in [3.05, 3.63) is 0 Å². The van der Waals surface area contributed by atoms with E-state index in [1.165, 1.54) is 0 Å². The molecule has 3 atom stereocenters. The first-order valence-corrected chi connectivity index (χ1v) is 3.58. The minimum absolute atomic E-state index is 0.145. The van der Waals surface area contributed by atoms with Gasteiger partial charge in [0.15, 0.2) is 0 Å². The Morgan fingerprint density at radius 3 is 3.36 bits per heavy atom. The number of hydrogen-bond donors (Lipinski definition) is 2. The summed E-state index contributed by atoms with van der Waals surface area (Å²) >= 11 is 0. The first kappa shape index (κ1) is 5.48. The Kier molecular flexibility index (Phi) is 2.00. The average molecular weight is 164 g/mol. The predicted molar refractivity (Wildman–Crippen MR) is 40.2 cm³/mol. The molecule has 1 rings (SSSR count). The zero-order chi connectivity index (χ0) is 10.8. The Bertz CT molecular complexity index is 188. The number of aliphatic hydroxyl groups excluding tert-OH is 1. The van der Waals surface area contributed by atoms with Crippen molar-refractivity contribution in [3.63, 3.8) is 0 Å². The van der Waals surface area contributed by atoms with E-state index in [0.29, 0.717) is 6.42 Å². The molecule has 1 aliphatic heterocycles. The summed E-state index contributed by atoms with van der Waals surface area (Å²) in [6, 6.07) is -0.446. The van der Waals surface area contributed by atoms with Gasteiger partial charge in [0.1, 0.15) is 0 Å². The Morgan fingerprint density at radius 1 is 1.91 bits per heavy atom. The van der Waals surface area contributed by atoms with E-state index < -0.39 is 19.2 Å². The summed E-state index contributed by atoms with van der Waals surface area (Å²) in [5.74, 6) is 0. The second kappa shape index (κ2) is 4.01. The normalized spacial score (nSPS) is 44.2. The Labute approximate surface area is 70.5 Å². The van der Waals surface area contributed by atoms with Crippen LogP contribution in [0.1, 0.15) is 10.5 Å². The van der Waals surface area contributed by atoms with Crippen LogP contribution in [0.3, 0.4) is 0 Å². The van der Waals surface area contributed by atoms with E-state index in [9.17, 15) is 0 Å². The van der Waals surface area contributed by atoms with Gasteiger partial charge in [0, 0.05) is 13.5 Å². The molecule has 1 saturated heterocycles. The second-order valence-corrected chi connectivity index (χ2v) is 2.69. The summed E-state index contributed by atoms with van der Waals surface area (Å²) in [6.07, 6.45) is -0.633. The Balaban J connectivity index is 2.48. The number of ether oxygens (including phenoxy) is 2. The first-order chi connectivity index (χ1) is 6.42. The molecule has 0 bridgehead atoms. The highest BCUT2D eigenvalue weighted by atomic mass is 16.5. The molecule has 1 heterocycles. The molecule has 0 amide bonds. The van der Waals surface area contributed by atoms with E-state index >= 15 is 0 Å². The SMILES string of the molecule is [2H]C([2H])([2H])O[C@@H]1C[C@@H](CO)OC[C@@H]1N. The highest BCUT2D eigenvalue weighted by Crippen LogP contribution is 2.14. The van der Waals surface area contributed by atoms with Crippen LogP contribution in [0, 0.1) is 0 Å². The van der Waals surface area contributed by atoms with Crippen molar-refractivity contribution >= 4 is 0 Å². The molecular formula is C7H15NO3. The van der Waals surface area contributed by atoms with Gasteiger partial charge in [-0.15, -0.1) is 0 Å². The van der Waals surface area contributed by atoms with Crippen LogP contribution in [-0.4, -0.2) is 43.6 Å². The molecule has 0 aromatic heterocycles. The molecule has 4 nitrogen and oxygen atoms in total. The zero-order valence-corrected chi connectivity index (χ0v) is 6.19. The molecule has 4 heteroatoms. The molecule has 0 aliphatic carbocycles. The average Bonchev–Trinajstić information content (AvgIpc) is 2.06. The third-order valence-electron chi connectivity index (χ3n) is 1.85. The maximum atomic E-state index is 8.83. The molecule has 66 valence electrons. The van der Waals surface area contributed by atoms with E-state index in [-0.39, 0.29) is 19.3 Å². The minimum atomic E-state index is -2.44. The van der Waals surface area contributed by atoms with Gasteiger partial charge in [0.05, 0.1) is 35.6 Å². The van der Waals surface area contributed by atoms with Gasteiger partial charge >= 0.3 is 0 Å². The van der Waals surface area contributed by atoms with Crippen molar-refractivity contribution in [2.45, 2.75) is 24.7 Å². The monoisotopic (exact) mass is 164 g/mol. The van der Waals surface area contributed by atoms with Gasteiger partial charge < -0.3 is 20.3 Å². The third-order valence-corrected chi connectivity index (χ3v) is 1.85. The van der Waals surface area contributed by atoms with Crippen molar-refractivity contribution < 1.29 is 18.7 Å². The van der Waals surface area contributed by atoms with Gasteiger partial charge in [-0.25, -0.2) is 0 Å². The largest absolute Gasteiger partial charge is 0.394 e. The summed E-state index contributed by atoms with van der Waals surface area (Å²) in [5, 5.41) is 8.83. The van der Waals surface area contributed by atoms with Gasteiger partial charge in [-0.3, -0.25) is 0 Å². The van der Waals surface area contributed by atoms with E-state index in [0.717, 1.165) is 0 Å². The zero-order valence-electron chi connectivity index (χ0n) is 9.19. The summed E-state index contributed by atoms with van der Waals surface area (Å²) < 4.78 is 30.8. The number of hydrogen-bond acceptors (Lipinski definition) is 4. The summed E-state index contributed by atoms with van der Waals surface area (Å²) in [6.45, 7) is 0.0690. The van der Waals surface area contributed by atoms with E-state index in [2.05, 4.69) is 0 Å². The van der Waals surface area contributed by atoms with E-state index in [1.54, 1.807) is 0 Å². The van der Waals surface area contributed by atoms with Crippen molar-refractivity contribution in [3.8, 4) is 0 Å². The van der Waals surface area contributed by atoms with Crippen LogP contribution in [-0.2, 0) is 9.47 Å². The highest BCUT2D eigenvalue weighted by molar-refractivity contribution is 4.81. The highest BCUT2D eigenvalue weighted by Gasteiger charge is 2.27. The number of aliphatic hydroxyl groups is 1. The van der Waals surface area contributed by atoms with Crippen LogP contribution < -0.4 is 5.73 Å². The predicted octanol–water partition coefficient (Wildman–Crippen LogP) is -0.890. The molecule has 0 unspecified atom stereocenters. The van der Waals surface area contributed by atoms with Crippen molar-refractivity contribution in [2.24, 2.45) is 5.73 Å². The van der Waals surface area contributed by atoms with E-state index in [4.69, 9.17) is 24.4 Å². The van der Waals surface area contributed by atoms with Crippen LogP contribution in [0.5, 0.6) is 0 Å². The maximum Gasteiger partial charge on any atom is 0.0831 e. The second-order valence-electron chi connectivity index (χ2n) is 2.69. The lowest BCUT2D eigenvalue weighted by atomic mass is 10.0. The fourth-order valence-corrected chi connectivity index (χ4v) is 1.12. The standard InChI is InChI=1S/C7H15NO3/c1-10-7-2-5(3-9)11-4-6(7)8/h5-7,9H,2-4,8H2,1H3/t5-,6-,7+/m0/s1/i1D3. The molecule has 3 N–H and O–H groups in total. The van der Waals surface area contributed by atoms with Gasteiger partial charge in [-0.1, -0.05) is 0 Å². The van der Waals surface area contributed by atoms with Gasteiger partial charge in [0.25, 0.3) is 0 Å². The molecule has 1 aliphatic rings. The van der Waals surface area contributed by atoms with Gasteiger partial charge in [0.2, 0.25) is 0 Å². The molecule has 0 aromatic carbocycles. The Morgan fingerprint density at radius 2 is 2.73 bits per heavy atom. The lowest BCUT2D eigenvalue weighted by Gasteiger charge is -2.32. The van der Waals surface area contributed by atoms with Gasteiger partial charge in [-0.2, -0.15) is 0 Å². The summed E-state index contributed by atoms with van der Waals surface area (Å²) in [4.78, 5) is 0. The van der Waals surface area contributed by atoms with Crippen LogP contribution in [0.4, 0.5) is 0 Å². The minimum Gasteiger partial charge on any atom is -0.394 e. The topological polar surface area (TPSA) is 64.7 Å². The smallest absolute Gasteiger partial charge is 0.0831 e. The molecule has 0 aromatic rings. The van der Waals surface area contributed by atoms with Crippen molar-refractivity contribution in [1.82, 2.24) is 0 Å². The molecule has 0 saturated carbocycles. The summed E-state index contributed by atoms with van der Waals surface area (Å²) in [5.41, 5.74) is 5.62. The van der Waals surface area contributed by atoms with E-state index in [1.807, 2.05) is 0 Å². The third kappa shape index (κ3) is 2.13. The fourth-order valence-electron chi connectivity index (χ4n) is 1.12. The maximum absolute atomic E-state index is 8.83. The number of rotatable bonds is 2. The molecule has 0 spiro atoms. The van der Waals surface area contributed by atoms with Crippen molar-refractivity contribution in [2.75, 3.05) is 20.3 Å². The number of nitrogens with two attached hydrogens (primary N) is 1. The number of methoxy groups -OCH3 is 1. The lowest BCUT2D eigenvalue weighted by molar-refractivity contribution is -0.0873. The summed E-state index contributed by atoms with van der Waals surface area (Å²) in [7, 11) is -2.44. The van der Waals surface area contributed by atoms with Crippen molar-refractivity contribution in [1.29, 1.82) is 0 Å².